The minimum Gasteiger partial charge on any atom is -0.338 e. The summed E-state index contributed by atoms with van der Waals surface area (Å²) in [5.74, 6) is 1.19. The molecule has 2 aromatic heterocycles. The van der Waals surface area contributed by atoms with E-state index in [1.807, 2.05) is 51.1 Å². The molecule has 0 spiro atoms. The lowest BCUT2D eigenvalue weighted by molar-refractivity contribution is 0.0911. The molecule has 3 aromatic rings. The zero-order valence-corrected chi connectivity index (χ0v) is 17.0. The van der Waals surface area contributed by atoms with E-state index in [1.165, 1.54) is 0 Å². The molecular formula is C22H25N5O. The van der Waals surface area contributed by atoms with Crippen molar-refractivity contribution in [2.24, 2.45) is 5.41 Å². The van der Waals surface area contributed by atoms with E-state index in [2.05, 4.69) is 29.1 Å². The number of aryl methyl sites for hydroxylation is 3. The number of fused-ring (bicyclic) bond motifs is 1. The minimum atomic E-state index is -0.124. The fourth-order valence-electron chi connectivity index (χ4n) is 3.86. The Morgan fingerprint density at radius 3 is 2.43 bits per heavy atom. The van der Waals surface area contributed by atoms with Gasteiger partial charge in [-0.2, -0.15) is 0 Å². The lowest BCUT2D eigenvalue weighted by Gasteiger charge is -2.28. The molecule has 0 bridgehead atoms. The quantitative estimate of drug-likeness (QED) is 0.730. The molecular weight excluding hydrogens is 350 g/mol. The number of Topliss-reactive ketones (excluding diaryl/α,β-unsaturated/α-hetero) is 1. The second-order valence-electron chi connectivity index (χ2n) is 8.47. The molecule has 0 amide bonds. The van der Waals surface area contributed by atoms with Crippen molar-refractivity contribution in [2.45, 2.75) is 47.5 Å². The van der Waals surface area contributed by atoms with Gasteiger partial charge in [-0.15, -0.1) is 5.10 Å². The van der Waals surface area contributed by atoms with Gasteiger partial charge < -0.3 is 5.32 Å². The monoisotopic (exact) mass is 375 g/mol. The minimum absolute atomic E-state index is 0.108. The zero-order valence-electron chi connectivity index (χ0n) is 17.0. The van der Waals surface area contributed by atoms with Crippen LogP contribution in [-0.4, -0.2) is 25.5 Å². The maximum absolute atomic E-state index is 13.0. The molecule has 2 heterocycles. The molecule has 0 radical (unpaired) electrons. The van der Waals surface area contributed by atoms with Crippen molar-refractivity contribution in [3.63, 3.8) is 0 Å². The molecule has 0 atom stereocenters. The number of carbonyl (C=O) groups is 1. The van der Waals surface area contributed by atoms with Gasteiger partial charge in [-0.25, -0.2) is 14.6 Å². The smallest absolute Gasteiger partial charge is 0.251 e. The van der Waals surface area contributed by atoms with Crippen molar-refractivity contribution >= 4 is 17.3 Å². The Labute approximate surface area is 165 Å². The standard InChI is InChI=1S/C22H25N5O/c1-13-7-6-8-16(9-13)25-20-19-17(11-22(4,5)12-18(19)28)27(26-20)21-23-14(2)10-15(3)24-21/h6-10H,11-12H2,1-5H3,(H,25,26). The van der Waals surface area contributed by atoms with Gasteiger partial charge in [0.2, 0.25) is 0 Å². The van der Waals surface area contributed by atoms with Crippen LogP contribution in [0, 0.1) is 26.2 Å². The van der Waals surface area contributed by atoms with E-state index in [-0.39, 0.29) is 11.2 Å². The van der Waals surface area contributed by atoms with Gasteiger partial charge in [0.15, 0.2) is 11.6 Å². The predicted octanol–water partition coefficient (Wildman–Crippen LogP) is 4.49. The van der Waals surface area contributed by atoms with Gasteiger partial charge >= 0.3 is 0 Å². The second-order valence-corrected chi connectivity index (χ2v) is 8.47. The van der Waals surface area contributed by atoms with Crippen LogP contribution in [0.25, 0.3) is 5.95 Å². The summed E-state index contributed by atoms with van der Waals surface area (Å²) >= 11 is 0. The summed E-state index contributed by atoms with van der Waals surface area (Å²) < 4.78 is 1.74. The van der Waals surface area contributed by atoms with Crippen LogP contribution in [-0.2, 0) is 6.42 Å². The van der Waals surface area contributed by atoms with E-state index in [0.29, 0.717) is 23.8 Å². The third-order valence-corrected chi connectivity index (χ3v) is 4.99. The molecule has 4 rings (SSSR count). The Morgan fingerprint density at radius 2 is 1.75 bits per heavy atom. The van der Waals surface area contributed by atoms with Crippen molar-refractivity contribution < 1.29 is 4.79 Å². The van der Waals surface area contributed by atoms with Crippen molar-refractivity contribution in [1.82, 2.24) is 19.7 Å². The number of hydrogen-bond donors (Lipinski definition) is 1. The molecule has 6 nitrogen and oxygen atoms in total. The van der Waals surface area contributed by atoms with Crippen LogP contribution in [0.1, 0.15) is 53.3 Å². The lowest BCUT2D eigenvalue weighted by atomic mass is 9.76. The Balaban J connectivity index is 1.88. The molecule has 0 saturated carbocycles. The van der Waals surface area contributed by atoms with Gasteiger partial charge in [-0.1, -0.05) is 26.0 Å². The van der Waals surface area contributed by atoms with Crippen LogP contribution in [0.3, 0.4) is 0 Å². The predicted molar refractivity (Wildman–Crippen MR) is 110 cm³/mol. The average molecular weight is 375 g/mol. The molecule has 0 saturated heterocycles. The molecule has 1 N–H and O–H groups in total. The number of ketones is 1. The van der Waals surface area contributed by atoms with E-state index in [9.17, 15) is 4.79 Å². The van der Waals surface area contributed by atoms with Crippen LogP contribution in [0.15, 0.2) is 30.3 Å². The lowest BCUT2D eigenvalue weighted by Crippen LogP contribution is -2.28. The summed E-state index contributed by atoms with van der Waals surface area (Å²) in [5.41, 5.74) is 5.21. The number of hydrogen-bond acceptors (Lipinski definition) is 5. The highest BCUT2D eigenvalue weighted by Gasteiger charge is 2.37. The Kier molecular flexibility index (Phi) is 4.29. The molecule has 1 aliphatic rings. The molecule has 0 unspecified atom stereocenters. The first-order valence-electron chi connectivity index (χ1n) is 9.53. The summed E-state index contributed by atoms with van der Waals surface area (Å²) in [6, 6.07) is 9.97. The third kappa shape index (κ3) is 3.42. The summed E-state index contributed by atoms with van der Waals surface area (Å²) in [5, 5.41) is 8.09. The van der Waals surface area contributed by atoms with E-state index < -0.39 is 0 Å². The average Bonchev–Trinajstić information content (AvgIpc) is 2.91. The number of aromatic nitrogens is 4. The molecule has 0 aliphatic heterocycles. The zero-order chi connectivity index (χ0) is 20.1. The van der Waals surface area contributed by atoms with E-state index >= 15 is 0 Å². The summed E-state index contributed by atoms with van der Waals surface area (Å²) in [7, 11) is 0. The van der Waals surface area contributed by atoms with Crippen LogP contribution >= 0.6 is 0 Å². The fraction of sp³-hybridized carbons (Fsp3) is 0.364. The number of rotatable bonds is 3. The Hall–Kier alpha value is -3.02. The number of nitrogens with one attached hydrogen (secondary N) is 1. The highest BCUT2D eigenvalue weighted by molar-refractivity contribution is 6.03. The maximum atomic E-state index is 13.0. The van der Waals surface area contributed by atoms with Crippen molar-refractivity contribution in [3.05, 3.63) is 58.5 Å². The van der Waals surface area contributed by atoms with Crippen LogP contribution in [0.4, 0.5) is 11.5 Å². The Morgan fingerprint density at radius 1 is 1.04 bits per heavy atom. The molecule has 1 aliphatic carbocycles. The number of anilines is 2. The molecule has 144 valence electrons. The van der Waals surface area contributed by atoms with Gasteiger partial charge in [-0.05, 0) is 56.4 Å². The molecule has 28 heavy (non-hydrogen) atoms. The number of benzene rings is 1. The van der Waals surface area contributed by atoms with Gasteiger partial charge in [-0.3, -0.25) is 4.79 Å². The van der Waals surface area contributed by atoms with Crippen molar-refractivity contribution in [1.29, 1.82) is 0 Å². The van der Waals surface area contributed by atoms with E-state index in [4.69, 9.17) is 5.10 Å². The summed E-state index contributed by atoms with van der Waals surface area (Å²) in [4.78, 5) is 22.2. The topological polar surface area (TPSA) is 72.7 Å². The second kappa shape index (κ2) is 6.55. The largest absolute Gasteiger partial charge is 0.338 e. The van der Waals surface area contributed by atoms with E-state index in [1.54, 1.807) is 4.68 Å². The molecule has 0 fully saturated rings. The highest BCUT2D eigenvalue weighted by Crippen LogP contribution is 2.39. The molecule has 6 heteroatoms. The van der Waals surface area contributed by atoms with E-state index in [0.717, 1.165) is 34.8 Å². The van der Waals surface area contributed by atoms with Gasteiger partial charge in [0.25, 0.3) is 5.95 Å². The van der Waals surface area contributed by atoms with Crippen LogP contribution in [0.2, 0.25) is 0 Å². The Bertz CT molecular complexity index is 1060. The van der Waals surface area contributed by atoms with Gasteiger partial charge in [0, 0.05) is 23.5 Å². The van der Waals surface area contributed by atoms with Gasteiger partial charge in [0.1, 0.15) is 0 Å². The van der Waals surface area contributed by atoms with Crippen LogP contribution < -0.4 is 5.32 Å². The first kappa shape index (κ1) is 18.3. The first-order chi connectivity index (χ1) is 13.2. The first-order valence-corrected chi connectivity index (χ1v) is 9.53. The summed E-state index contributed by atoms with van der Waals surface area (Å²) in [6.45, 7) is 10.1. The maximum Gasteiger partial charge on any atom is 0.251 e. The number of carbonyl (C=O) groups excluding carboxylic acids is 1. The summed E-state index contributed by atoms with van der Waals surface area (Å²) in [6.07, 6.45) is 1.24. The van der Waals surface area contributed by atoms with Crippen LogP contribution in [0.5, 0.6) is 0 Å². The van der Waals surface area contributed by atoms with Crippen molar-refractivity contribution in [2.75, 3.05) is 5.32 Å². The van der Waals surface area contributed by atoms with Gasteiger partial charge in [0.05, 0.1) is 11.3 Å². The fourth-order valence-corrected chi connectivity index (χ4v) is 3.86. The SMILES string of the molecule is Cc1cccc(Nc2nn(-c3nc(C)cc(C)n3)c3c2C(=O)CC(C)(C)C3)c1. The normalized spacial score (nSPS) is 15.4. The number of nitrogens with zero attached hydrogens (tertiary/aromatic N) is 4. The third-order valence-electron chi connectivity index (χ3n) is 4.99. The molecule has 1 aromatic carbocycles. The van der Waals surface area contributed by atoms with Crippen molar-refractivity contribution in [3.8, 4) is 5.95 Å². The highest BCUT2D eigenvalue weighted by atomic mass is 16.1.